The molecule has 0 amide bonds. The summed E-state index contributed by atoms with van der Waals surface area (Å²) >= 11 is 0. The SMILES string of the molecule is O=C(O)c1cc(F)nc2ccccc12. The number of hydrogen-bond acceptors (Lipinski definition) is 2. The van der Waals surface area contributed by atoms with Crippen molar-refractivity contribution >= 4 is 16.9 Å². The van der Waals surface area contributed by atoms with E-state index in [0.29, 0.717) is 10.9 Å². The van der Waals surface area contributed by atoms with E-state index in [0.717, 1.165) is 6.07 Å². The maximum Gasteiger partial charge on any atom is 0.336 e. The smallest absolute Gasteiger partial charge is 0.336 e. The van der Waals surface area contributed by atoms with E-state index in [2.05, 4.69) is 4.98 Å². The molecular weight excluding hydrogens is 185 g/mol. The Kier molecular flexibility index (Phi) is 1.89. The van der Waals surface area contributed by atoms with E-state index >= 15 is 0 Å². The number of para-hydroxylation sites is 1. The van der Waals surface area contributed by atoms with Gasteiger partial charge in [-0.05, 0) is 6.07 Å². The highest BCUT2D eigenvalue weighted by molar-refractivity contribution is 6.02. The number of rotatable bonds is 1. The number of fused-ring (bicyclic) bond motifs is 1. The number of pyridine rings is 1. The van der Waals surface area contributed by atoms with Gasteiger partial charge in [0.2, 0.25) is 5.95 Å². The molecule has 0 fully saturated rings. The minimum absolute atomic E-state index is 0.0619. The van der Waals surface area contributed by atoms with Gasteiger partial charge in [-0.1, -0.05) is 18.2 Å². The zero-order valence-corrected chi connectivity index (χ0v) is 7.07. The summed E-state index contributed by atoms with van der Waals surface area (Å²) < 4.78 is 12.9. The summed E-state index contributed by atoms with van der Waals surface area (Å²) in [6.07, 6.45) is 0. The topological polar surface area (TPSA) is 50.2 Å². The lowest BCUT2D eigenvalue weighted by atomic mass is 10.1. The van der Waals surface area contributed by atoms with Crippen LogP contribution in [0, 0.1) is 5.95 Å². The third-order valence-electron chi connectivity index (χ3n) is 1.92. The molecule has 0 aliphatic rings. The maximum absolute atomic E-state index is 12.9. The first-order chi connectivity index (χ1) is 6.68. The Bertz CT molecular complexity index is 510. The van der Waals surface area contributed by atoms with Crippen molar-refractivity contribution in [1.82, 2.24) is 4.98 Å². The van der Waals surface area contributed by atoms with Gasteiger partial charge in [0.15, 0.2) is 0 Å². The van der Waals surface area contributed by atoms with E-state index in [-0.39, 0.29) is 5.56 Å². The molecule has 0 radical (unpaired) electrons. The zero-order valence-electron chi connectivity index (χ0n) is 7.07. The molecular formula is C10H6FNO2. The third-order valence-corrected chi connectivity index (χ3v) is 1.92. The van der Waals surface area contributed by atoms with Crippen molar-refractivity contribution in [3.05, 3.63) is 41.8 Å². The molecule has 0 aliphatic heterocycles. The van der Waals surface area contributed by atoms with Crippen LogP contribution < -0.4 is 0 Å². The number of carboxylic acid groups (broad SMARTS) is 1. The van der Waals surface area contributed by atoms with Crippen molar-refractivity contribution in [3.63, 3.8) is 0 Å². The van der Waals surface area contributed by atoms with Crippen molar-refractivity contribution < 1.29 is 14.3 Å². The van der Waals surface area contributed by atoms with Crippen molar-refractivity contribution in [2.45, 2.75) is 0 Å². The molecule has 0 aliphatic carbocycles. The van der Waals surface area contributed by atoms with Gasteiger partial charge in [0.1, 0.15) is 0 Å². The van der Waals surface area contributed by atoms with Gasteiger partial charge in [-0.15, -0.1) is 0 Å². The van der Waals surface area contributed by atoms with E-state index in [9.17, 15) is 9.18 Å². The second-order valence-electron chi connectivity index (χ2n) is 2.81. The highest BCUT2D eigenvalue weighted by Gasteiger charge is 2.10. The van der Waals surface area contributed by atoms with Crippen LogP contribution in [0.25, 0.3) is 10.9 Å². The van der Waals surface area contributed by atoms with Gasteiger partial charge in [-0.2, -0.15) is 4.39 Å². The molecule has 3 nitrogen and oxygen atoms in total. The van der Waals surface area contributed by atoms with Crippen LogP contribution in [0.4, 0.5) is 4.39 Å². The van der Waals surface area contributed by atoms with Crippen molar-refractivity contribution in [1.29, 1.82) is 0 Å². The van der Waals surface area contributed by atoms with Crippen LogP contribution in [0.5, 0.6) is 0 Å². The molecule has 14 heavy (non-hydrogen) atoms. The maximum atomic E-state index is 12.9. The number of halogens is 1. The summed E-state index contributed by atoms with van der Waals surface area (Å²) in [5, 5.41) is 9.26. The molecule has 0 saturated carbocycles. The second-order valence-corrected chi connectivity index (χ2v) is 2.81. The molecule has 70 valence electrons. The summed E-state index contributed by atoms with van der Waals surface area (Å²) in [7, 11) is 0. The molecule has 0 unspecified atom stereocenters. The van der Waals surface area contributed by atoms with Crippen molar-refractivity contribution in [2.24, 2.45) is 0 Å². The van der Waals surface area contributed by atoms with Crippen molar-refractivity contribution in [2.75, 3.05) is 0 Å². The van der Waals surface area contributed by atoms with E-state index < -0.39 is 11.9 Å². The predicted octanol–water partition coefficient (Wildman–Crippen LogP) is 2.07. The first-order valence-corrected chi connectivity index (χ1v) is 3.97. The average Bonchev–Trinajstić information content (AvgIpc) is 2.16. The van der Waals surface area contributed by atoms with E-state index in [4.69, 9.17) is 5.11 Å². The van der Waals surface area contributed by atoms with E-state index in [1.165, 1.54) is 0 Å². The van der Waals surface area contributed by atoms with Crippen LogP contribution >= 0.6 is 0 Å². The summed E-state index contributed by atoms with van der Waals surface area (Å²) in [5.41, 5.74) is 0.290. The zero-order chi connectivity index (χ0) is 10.1. The highest BCUT2D eigenvalue weighted by atomic mass is 19.1. The molecule has 2 aromatic rings. The fourth-order valence-electron chi connectivity index (χ4n) is 1.32. The van der Waals surface area contributed by atoms with Gasteiger partial charge in [0, 0.05) is 11.5 Å². The monoisotopic (exact) mass is 191 g/mol. The molecule has 1 aromatic carbocycles. The number of hydrogen-bond donors (Lipinski definition) is 1. The first kappa shape index (κ1) is 8.62. The summed E-state index contributed by atoms with van der Waals surface area (Å²) in [5.74, 6) is -1.93. The minimum Gasteiger partial charge on any atom is -0.478 e. The minimum atomic E-state index is -1.15. The van der Waals surface area contributed by atoms with Gasteiger partial charge < -0.3 is 5.11 Å². The molecule has 1 N–H and O–H groups in total. The van der Waals surface area contributed by atoms with Crippen LogP contribution in [-0.4, -0.2) is 16.1 Å². The quantitative estimate of drug-likeness (QED) is 0.702. The van der Waals surface area contributed by atoms with Crippen LogP contribution in [0.15, 0.2) is 30.3 Å². The Morgan fingerprint density at radius 2 is 2.07 bits per heavy atom. The van der Waals surface area contributed by atoms with Crippen LogP contribution in [0.1, 0.15) is 10.4 Å². The molecule has 1 heterocycles. The molecule has 1 aromatic heterocycles. The van der Waals surface area contributed by atoms with E-state index in [1.54, 1.807) is 24.3 Å². The Morgan fingerprint density at radius 3 is 2.79 bits per heavy atom. The van der Waals surface area contributed by atoms with Gasteiger partial charge in [-0.25, -0.2) is 9.78 Å². The molecule has 4 heteroatoms. The highest BCUT2D eigenvalue weighted by Crippen LogP contribution is 2.17. The van der Waals surface area contributed by atoms with Crippen LogP contribution in [0.2, 0.25) is 0 Å². The predicted molar refractivity (Wildman–Crippen MR) is 48.7 cm³/mol. The molecule has 0 atom stereocenters. The number of carbonyl (C=O) groups is 1. The lowest BCUT2D eigenvalue weighted by Gasteiger charge is -2.01. The van der Waals surface area contributed by atoms with Gasteiger partial charge in [-0.3, -0.25) is 0 Å². The Morgan fingerprint density at radius 1 is 1.36 bits per heavy atom. The molecule has 2 rings (SSSR count). The normalized spacial score (nSPS) is 10.4. The molecule has 0 saturated heterocycles. The Labute approximate surface area is 78.8 Å². The Hall–Kier alpha value is -1.97. The summed E-state index contributed by atoms with van der Waals surface area (Å²) in [6.45, 7) is 0. The standard InChI is InChI=1S/C10H6FNO2/c11-9-5-7(10(13)14)6-3-1-2-4-8(6)12-9/h1-5H,(H,13,14). The largest absolute Gasteiger partial charge is 0.478 e. The van der Waals surface area contributed by atoms with Crippen LogP contribution in [-0.2, 0) is 0 Å². The lowest BCUT2D eigenvalue weighted by molar-refractivity contribution is 0.0698. The van der Waals surface area contributed by atoms with E-state index in [1.807, 2.05) is 0 Å². The number of nitrogens with zero attached hydrogens (tertiary/aromatic N) is 1. The number of aromatic nitrogens is 1. The summed E-state index contributed by atoms with van der Waals surface area (Å²) in [6, 6.07) is 7.47. The number of aromatic carboxylic acids is 1. The van der Waals surface area contributed by atoms with Gasteiger partial charge >= 0.3 is 5.97 Å². The fourth-order valence-corrected chi connectivity index (χ4v) is 1.32. The van der Waals surface area contributed by atoms with Gasteiger partial charge in [0.05, 0.1) is 11.1 Å². The third kappa shape index (κ3) is 1.31. The average molecular weight is 191 g/mol. The lowest BCUT2D eigenvalue weighted by Crippen LogP contribution is -2.00. The molecule has 0 bridgehead atoms. The summed E-state index contributed by atoms with van der Waals surface area (Å²) in [4.78, 5) is 14.4. The van der Waals surface area contributed by atoms with Gasteiger partial charge in [0.25, 0.3) is 0 Å². The first-order valence-electron chi connectivity index (χ1n) is 3.97. The van der Waals surface area contributed by atoms with Crippen molar-refractivity contribution in [3.8, 4) is 0 Å². The molecule has 0 spiro atoms. The number of benzene rings is 1. The Balaban J connectivity index is 2.87. The van der Waals surface area contributed by atoms with Crippen LogP contribution in [0.3, 0.4) is 0 Å². The second kappa shape index (κ2) is 3.06. The fraction of sp³-hybridized carbons (Fsp3) is 0. The number of carboxylic acids is 1.